The average Bonchev–Trinajstić information content (AvgIpc) is 3.36. The summed E-state index contributed by atoms with van der Waals surface area (Å²) in [5, 5.41) is 8.69. The second-order valence-electron chi connectivity index (χ2n) is 16.0. The Morgan fingerprint density at radius 1 is 0.403 bits per heavy atom. The van der Waals surface area contributed by atoms with Crippen LogP contribution in [0.2, 0.25) is 0 Å². The molecule has 0 saturated carbocycles. The summed E-state index contributed by atoms with van der Waals surface area (Å²) in [5.74, 6) is 0.431. The molecular formula is C56H59N3O8. The molecule has 0 bridgehead atoms. The van der Waals surface area contributed by atoms with Crippen LogP contribution in [0.25, 0.3) is 0 Å². The van der Waals surface area contributed by atoms with Crippen molar-refractivity contribution < 1.29 is 38.1 Å². The highest BCUT2D eigenvalue weighted by molar-refractivity contribution is 5.94. The van der Waals surface area contributed by atoms with Crippen LogP contribution in [0.15, 0.2) is 161 Å². The Labute approximate surface area is 393 Å². The van der Waals surface area contributed by atoms with Crippen molar-refractivity contribution in [2.45, 2.75) is 90.9 Å². The van der Waals surface area contributed by atoms with E-state index in [2.05, 4.69) is 29.1 Å². The third kappa shape index (κ3) is 17.2. The first-order valence-corrected chi connectivity index (χ1v) is 23.3. The molecule has 67 heavy (non-hydrogen) atoms. The molecule has 6 rings (SSSR count). The molecule has 0 heterocycles. The summed E-state index contributed by atoms with van der Waals surface area (Å²) in [4.78, 5) is 43.3. The number of rotatable bonds is 26. The van der Waals surface area contributed by atoms with E-state index < -0.39 is 17.9 Å². The van der Waals surface area contributed by atoms with Gasteiger partial charge in [0.25, 0.3) is 0 Å². The molecule has 0 aliphatic carbocycles. The summed E-state index contributed by atoms with van der Waals surface area (Å²) in [5.41, 5.74) is 3.89. The molecule has 0 unspecified atom stereocenters. The topological polar surface area (TPSA) is 134 Å². The summed E-state index contributed by atoms with van der Waals surface area (Å²) >= 11 is 0. The molecule has 0 N–H and O–H groups in total. The molecule has 0 radical (unpaired) electrons. The summed E-state index contributed by atoms with van der Waals surface area (Å²) in [6, 6.07) is 40.9. The Morgan fingerprint density at radius 3 is 1.25 bits per heavy atom. The van der Waals surface area contributed by atoms with Gasteiger partial charge in [0, 0.05) is 12.3 Å². The fourth-order valence-corrected chi connectivity index (χ4v) is 6.77. The fraction of sp³-hybridized carbons (Fsp3) is 0.286. The number of hydrogen-bond acceptors (Lipinski definition) is 11. The molecule has 11 nitrogen and oxygen atoms in total. The van der Waals surface area contributed by atoms with Crippen molar-refractivity contribution in [1.29, 1.82) is 0 Å². The monoisotopic (exact) mass is 901 g/mol. The number of carbonyl (C=O) groups is 3. The molecule has 0 aliphatic rings. The van der Waals surface area contributed by atoms with Crippen LogP contribution in [0.1, 0.15) is 128 Å². The van der Waals surface area contributed by atoms with E-state index in [9.17, 15) is 14.4 Å². The molecule has 6 aromatic rings. The summed E-state index contributed by atoms with van der Waals surface area (Å²) in [6.45, 7) is 5.79. The predicted octanol–water partition coefficient (Wildman–Crippen LogP) is 15.0. The van der Waals surface area contributed by atoms with Gasteiger partial charge < -0.3 is 23.7 Å². The first-order chi connectivity index (χ1) is 32.8. The molecule has 346 valence electrons. The largest absolute Gasteiger partial charge is 0.494 e. The van der Waals surface area contributed by atoms with E-state index in [0.717, 1.165) is 48.6 Å². The lowest BCUT2D eigenvalue weighted by molar-refractivity contribution is 0.0723. The van der Waals surface area contributed by atoms with Crippen molar-refractivity contribution in [2.24, 2.45) is 15.2 Å². The van der Waals surface area contributed by atoms with Gasteiger partial charge in [0.2, 0.25) is 0 Å². The maximum absolute atomic E-state index is 13.0. The summed E-state index contributed by atoms with van der Waals surface area (Å²) in [6.07, 6.45) is 16.2. The van der Waals surface area contributed by atoms with E-state index >= 15 is 0 Å². The highest BCUT2D eigenvalue weighted by Gasteiger charge is 2.14. The van der Waals surface area contributed by atoms with Gasteiger partial charge >= 0.3 is 17.9 Å². The molecule has 0 aliphatic heterocycles. The molecule has 11 heteroatoms. The number of hydrogen-bond donors (Lipinski definition) is 0. The lowest BCUT2D eigenvalue weighted by atomic mass is 10.1. The van der Waals surface area contributed by atoms with Crippen LogP contribution in [0, 0.1) is 0 Å². The molecule has 0 fully saturated rings. The van der Waals surface area contributed by atoms with Crippen LogP contribution in [0.5, 0.6) is 28.7 Å². The van der Waals surface area contributed by atoms with E-state index in [4.69, 9.17) is 23.7 Å². The number of esters is 3. The Bertz CT molecular complexity index is 2500. The number of nitrogens with zero attached hydrogens (tertiary/aromatic N) is 3. The lowest BCUT2D eigenvalue weighted by Crippen LogP contribution is -2.11. The smallest absolute Gasteiger partial charge is 0.343 e. The van der Waals surface area contributed by atoms with Crippen LogP contribution in [0.3, 0.4) is 0 Å². The van der Waals surface area contributed by atoms with E-state index in [1.807, 2.05) is 48.5 Å². The number of aliphatic imine (C=N–C) groups is 1. The van der Waals surface area contributed by atoms with Gasteiger partial charge in [0.1, 0.15) is 28.7 Å². The Hall–Kier alpha value is -7.40. The molecule has 0 atom stereocenters. The zero-order valence-electron chi connectivity index (χ0n) is 38.4. The molecule has 0 spiro atoms. The molecule has 0 saturated heterocycles. The van der Waals surface area contributed by atoms with E-state index in [1.54, 1.807) is 72.9 Å². The van der Waals surface area contributed by atoms with Crippen molar-refractivity contribution in [3.8, 4) is 28.7 Å². The molecule has 0 aromatic heterocycles. The van der Waals surface area contributed by atoms with Gasteiger partial charge in [-0.3, -0.25) is 4.99 Å². The van der Waals surface area contributed by atoms with E-state index in [0.29, 0.717) is 29.2 Å². The normalized spacial score (nSPS) is 11.1. The first-order valence-electron chi connectivity index (χ1n) is 23.3. The number of benzene rings is 6. The van der Waals surface area contributed by atoms with Crippen molar-refractivity contribution in [3.63, 3.8) is 0 Å². The minimum absolute atomic E-state index is 0.183. The third-order valence-corrected chi connectivity index (χ3v) is 10.6. The summed E-state index contributed by atoms with van der Waals surface area (Å²) in [7, 11) is 0. The Kier molecular flexibility index (Phi) is 19.9. The van der Waals surface area contributed by atoms with Crippen molar-refractivity contribution in [2.75, 3.05) is 13.2 Å². The van der Waals surface area contributed by atoms with Crippen LogP contribution < -0.4 is 23.7 Å². The highest BCUT2D eigenvalue weighted by Crippen LogP contribution is 2.26. The van der Waals surface area contributed by atoms with Crippen molar-refractivity contribution >= 4 is 41.2 Å². The van der Waals surface area contributed by atoms with Gasteiger partial charge in [-0.1, -0.05) is 96.3 Å². The van der Waals surface area contributed by atoms with Gasteiger partial charge in [0.15, 0.2) is 0 Å². The summed E-state index contributed by atoms with van der Waals surface area (Å²) < 4.78 is 28.3. The second-order valence-corrected chi connectivity index (χ2v) is 16.0. The predicted molar refractivity (Wildman–Crippen MR) is 263 cm³/mol. The zero-order chi connectivity index (χ0) is 46.9. The van der Waals surface area contributed by atoms with Crippen LogP contribution in [-0.4, -0.2) is 37.3 Å². The number of unbranched alkanes of at least 4 members (excludes halogenated alkanes) is 10. The SMILES string of the molecule is CCCCCCCCOc1ccc(N=Nc2ccc(N=Cc3ccc(C(=O)Oc4cccc(OC(=O)c5ccc(OC(=O)c6ccc(OCCCCCCCC)cc6)cc5)c4)cc3)cc2)cc1. The third-order valence-electron chi connectivity index (χ3n) is 10.6. The number of carbonyl (C=O) groups excluding carboxylic acids is 3. The quantitative estimate of drug-likeness (QED) is 0.0173. The Morgan fingerprint density at radius 2 is 0.776 bits per heavy atom. The minimum Gasteiger partial charge on any atom is -0.494 e. The number of azo groups is 1. The standard InChI is InChI=1S/C56H59N3O8/c1-3-5-7-9-11-13-38-63-49-32-22-44(23-33-49)54(60)65-51-34-24-45(25-35-51)56(62)67-53-17-15-16-52(40-53)66-55(61)43-20-18-42(19-21-43)41-57-46-26-28-47(29-27-46)58-59-48-30-36-50(37-31-48)64-39-14-12-10-8-6-4-2/h15-37,40-41H,3-14,38-39H2,1-2H3. The zero-order valence-corrected chi connectivity index (χ0v) is 38.4. The van der Waals surface area contributed by atoms with Gasteiger partial charge in [-0.25, -0.2) is 14.4 Å². The van der Waals surface area contributed by atoms with Gasteiger partial charge in [0.05, 0.1) is 47.0 Å². The van der Waals surface area contributed by atoms with Crippen molar-refractivity contribution in [1.82, 2.24) is 0 Å². The van der Waals surface area contributed by atoms with Gasteiger partial charge in [-0.05, 0) is 140 Å². The highest BCUT2D eigenvalue weighted by atomic mass is 16.5. The van der Waals surface area contributed by atoms with Gasteiger partial charge in [-0.15, -0.1) is 0 Å². The Balaban J connectivity index is 0.907. The molecular weight excluding hydrogens is 843 g/mol. The minimum atomic E-state index is -0.641. The van der Waals surface area contributed by atoms with Crippen LogP contribution >= 0.6 is 0 Å². The fourth-order valence-electron chi connectivity index (χ4n) is 6.77. The second kappa shape index (κ2) is 27.2. The maximum atomic E-state index is 13.0. The van der Waals surface area contributed by atoms with E-state index in [-0.39, 0.29) is 22.8 Å². The van der Waals surface area contributed by atoms with E-state index in [1.165, 1.54) is 88.1 Å². The number of ether oxygens (including phenoxy) is 5. The van der Waals surface area contributed by atoms with Crippen LogP contribution in [-0.2, 0) is 0 Å². The van der Waals surface area contributed by atoms with Gasteiger partial charge in [-0.2, -0.15) is 10.2 Å². The first kappa shape index (κ1) is 49.0. The lowest BCUT2D eigenvalue weighted by Gasteiger charge is -2.09. The van der Waals surface area contributed by atoms with Crippen LogP contribution in [0.4, 0.5) is 17.1 Å². The molecule has 0 amide bonds. The van der Waals surface area contributed by atoms with Crippen molar-refractivity contribution in [3.05, 3.63) is 168 Å². The molecule has 6 aromatic carbocycles. The average molecular weight is 902 g/mol. The maximum Gasteiger partial charge on any atom is 0.343 e.